The van der Waals surface area contributed by atoms with Crippen LogP contribution in [0.2, 0.25) is 0 Å². The normalized spacial score (nSPS) is 20.8. The van der Waals surface area contributed by atoms with Crippen molar-refractivity contribution in [3.63, 3.8) is 0 Å². The third-order valence-electron chi connectivity index (χ3n) is 4.51. The van der Waals surface area contributed by atoms with Crippen LogP contribution in [-0.4, -0.2) is 22.7 Å². The quantitative estimate of drug-likeness (QED) is 0.936. The summed E-state index contributed by atoms with van der Waals surface area (Å²) in [5.74, 6) is -0.374. The molecule has 0 amide bonds. The van der Waals surface area contributed by atoms with E-state index in [1.165, 1.54) is 0 Å². The highest BCUT2D eigenvalue weighted by Gasteiger charge is 2.31. The molecule has 5 heteroatoms. The van der Waals surface area contributed by atoms with E-state index >= 15 is 0 Å². The third kappa shape index (κ3) is 3.26. The van der Waals surface area contributed by atoms with Crippen LogP contribution in [0.4, 0.5) is 0 Å². The molecule has 2 atom stereocenters. The maximum atomic E-state index is 11.4. The topological polar surface area (TPSA) is 83.2 Å². The number of carbonyl (C=O) groups is 1. The van der Waals surface area contributed by atoms with E-state index in [4.69, 9.17) is 10.00 Å². The second-order valence-corrected chi connectivity index (χ2v) is 5.95. The highest BCUT2D eigenvalue weighted by molar-refractivity contribution is 5.86. The Balaban J connectivity index is 1.81. The molecule has 1 aliphatic rings. The molecule has 1 saturated carbocycles. The molecule has 1 fully saturated rings. The number of hydrogen-bond donors (Lipinski definition) is 1. The van der Waals surface area contributed by atoms with Crippen LogP contribution < -0.4 is 4.74 Å². The summed E-state index contributed by atoms with van der Waals surface area (Å²) < 4.78 is 5.93. The van der Waals surface area contributed by atoms with Gasteiger partial charge in [-0.3, -0.25) is 9.78 Å². The molecule has 3 rings (SSSR count). The monoisotopic (exact) mass is 310 g/mol. The number of aromatic nitrogens is 1. The van der Waals surface area contributed by atoms with Crippen molar-refractivity contribution in [1.82, 2.24) is 4.98 Å². The highest BCUT2D eigenvalue weighted by atomic mass is 16.5. The number of nitrogens with zero attached hydrogens (tertiary/aromatic N) is 2. The Kier molecular flexibility index (Phi) is 4.42. The van der Waals surface area contributed by atoms with E-state index in [0.717, 1.165) is 36.6 Å². The Labute approximate surface area is 134 Å². The summed E-state index contributed by atoms with van der Waals surface area (Å²) >= 11 is 0. The minimum absolute atomic E-state index is 0.0311. The van der Waals surface area contributed by atoms with Gasteiger partial charge in [0, 0.05) is 17.5 Å². The molecule has 1 heterocycles. The lowest BCUT2D eigenvalue weighted by Crippen LogP contribution is -2.31. The van der Waals surface area contributed by atoms with Crippen LogP contribution >= 0.6 is 0 Å². The van der Waals surface area contributed by atoms with Crippen molar-refractivity contribution in [2.24, 2.45) is 11.8 Å². The molecule has 23 heavy (non-hydrogen) atoms. The van der Waals surface area contributed by atoms with Crippen LogP contribution in [0.3, 0.4) is 0 Å². The van der Waals surface area contributed by atoms with Crippen molar-refractivity contribution in [3.8, 4) is 11.8 Å². The van der Waals surface area contributed by atoms with Crippen molar-refractivity contribution in [3.05, 3.63) is 36.0 Å². The second-order valence-electron chi connectivity index (χ2n) is 5.95. The van der Waals surface area contributed by atoms with Crippen LogP contribution in [0.5, 0.6) is 5.75 Å². The number of nitriles is 1. The Morgan fingerprint density at radius 2 is 2.17 bits per heavy atom. The lowest BCUT2D eigenvalue weighted by Gasteiger charge is -2.28. The van der Waals surface area contributed by atoms with Crippen molar-refractivity contribution < 1.29 is 14.6 Å². The van der Waals surface area contributed by atoms with Crippen molar-refractivity contribution >= 4 is 16.9 Å². The molecule has 0 spiro atoms. The van der Waals surface area contributed by atoms with E-state index in [0.29, 0.717) is 17.9 Å². The Morgan fingerprint density at radius 3 is 2.96 bits per heavy atom. The van der Waals surface area contributed by atoms with Crippen LogP contribution in [0, 0.1) is 23.2 Å². The van der Waals surface area contributed by atoms with Gasteiger partial charge in [0.05, 0.1) is 29.7 Å². The number of fused-ring (bicyclic) bond motifs is 1. The minimum Gasteiger partial charge on any atom is -0.493 e. The fourth-order valence-electron chi connectivity index (χ4n) is 3.25. The lowest BCUT2D eigenvalue weighted by molar-refractivity contribution is -0.145. The smallest absolute Gasteiger partial charge is 0.306 e. The average Bonchev–Trinajstić information content (AvgIpc) is 2.59. The van der Waals surface area contributed by atoms with E-state index in [1.807, 2.05) is 0 Å². The van der Waals surface area contributed by atoms with Gasteiger partial charge < -0.3 is 9.84 Å². The van der Waals surface area contributed by atoms with Gasteiger partial charge in [-0.05, 0) is 37.1 Å². The number of pyridine rings is 1. The fraction of sp³-hybridized carbons (Fsp3) is 0.389. The van der Waals surface area contributed by atoms with Gasteiger partial charge in [-0.25, -0.2) is 0 Å². The molecule has 5 nitrogen and oxygen atoms in total. The largest absolute Gasteiger partial charge is 0.493 e. The van der Waals surface area contributed by atoms with Gasteiger partial charge in [0.2, 0.25) is 0 Å². The summed E-state index contributed by atoms with van der Waals surface area (Å²) in [6.45, 7) is 0.382. The maximum absolute atomic E-state index is 11.4. The number of carboxylic acids is 1. The molecular weight excluding hydrogens is 292 g/mol. The van der Waals surface area contributed by atoms with Crippen molar-refractivity contribution in [2.75, 3.05) is 6.61 Å². The first-order chi connectivity index (χ1) is 11.2. The Hall–Kier alpha value is -2.61. The predicted octanol–water partition coefficient (Wildman–Crippen LogP) is 3.38. The molecule has 1 aromatic carbocycles. The first-order valence-corrected chi connectivity index (χ1v) is 7.83. The molecule has 1 aliphatic carbocycles. The average molecular weight is 310 g/mol. The molecule has 0 aliphatic heterocycles. The van der Waals surface area contributed by atoms with E-state index in [-0.39, 0.29) is 11.8 Å². The molecule has 0 saturated heterocycles. The van der Waals surface area contributed by atoms with Gasteiger partial charge >= 0.3 is 5.97 Å². The molecule has 2 unspecified atom stereocenters. The summed E-state index contributed by atoms with van der Waals surface area (Å²) in [7, 11) is 0. The van der Waals surface area contributed by atoms with Crippen LogP contribution in [0.15, 0.2) is 30.5 Å². The zero-order chi connectivity index (χ0) is 16.2. The van der Waals surface area contributed by atoms with Gasteiger partial charge in [-0.2, -0.15) is 5.26 Å². The van der Waals surface area contributed by atoms with Crippen molar-refractivity contribution in [2.45, 2.75) is 25.7 Å². The van der Waals surface area contributed by atoms with Gasteiger partial charge in [-0.15, -0.1) is 0 Å². The first kappa shape index (κ1) is 15.3. The van der Waals surface area contributed by atoms with E-state index in [1.54, 1.807) is 30.5 Å². The molecule has 2 aromatic rings. The summed E-state index contributed by atoms with van der Waals surface area (Å²) in [5.41, 5.74) is 1.32. The third-order valence-corrected chi connectivity index (χ3v) is 4.51. The molecule has 0 radical (unpaired) electrons. The maximum Gasteiger partial charge on any atom is 0.306 e. The number of carboxylic acid groups (broad SMARTS) is 1. The molecule has 1 N–H and O–H groups in total. The molecule has 118 valence electrons. The number of aliphatic carboxylic acids is 1. The predicted molar refractivity (Wildman–Crippen MR) is 85.0 cm³/mol. The van der Waals surface area contributed by atoms with Crippen LogP contribution in [0.25, 0.3) is 10.9 Å². The Morgan fingerprint density at radius 1 is 1.35 bits per heavy atom. The fourth-order valence-corrected chi connectivity index (χ4v) is 3.25. The molecule has 0 bridgehead atoms. The van der Waals surface area contributed by atoms with Gasteiger partial charge in [0.25, 0.3) is 0 Å². The van der Waals surface area contributed by atoms with Gasteiger partial charge in [0.1, 0.15) is 5.75 Å². The van der Waals surface area contributed by atoms with Gasteiger partial charge in [-0.1, -0.05) is 12.8 Å². The lowest BCUT2D eigenvalue weighted by atomic mass is 9.80. The SMILES string of the molecule is N#Cc1ccc2nccc(OCC3CCCCC3C(=O)O)c2c1. The minimum atomic E-state index is -0.732. The number of rotatable bonds is 4. The second kappa shape index (κ2) is 6.66. The van der Waals surface area contributed by atoms with Gasteiger partial charge in [0.15, 0.2) is 0 Å². The summed E-state index contributed by atoms with van der Waals surface area (Å²) in [6.07, 6.45) is 5.28. The van der Waals surface area contributed by atoms with Crippen LogP contribution in [0.1, 0.15) is 31.2 Å². The number of benzene rings is 1. The molecule has 1 aromatic heterocycles. The van der Waals surface area contributed by atoms with E-state index in [9.17, 15) is 9.90 Å². The summed E-state index contributed by atoms with van der Waals surface area (Å²) in [5, 5.41) is 19.2. The zero-order valence-electron chi connectivity index (χ0n) is 12.7. The highest BCUT2D eigenvalue weighted by Crippen LogP contribution is 2.32. The Bertz CT molecular complexity index is 766. The first-order valence-electron chi connectivity index (χ1n) is 7.83. The summed E-state index contributed by atoms with van der Waals surface area (Å²) in [6, 6.07) is 9.15. The number of hydrogen-bond acceptors (Lipinski definition) is 4. The van der Waals surface area contributed by atoms with E-state index in [2.05, 4.69) is 11.1 Å². The van der Waals surface area contributed by atoms with Crippen molar-refractivity contribution in [1.29, 1.82) is 5.26 Å². The zero-order valence-corrected chi connectivity index (χ0v) is 12.7. The van der Waals surface area contributed by atoms with Crippen LogP contribution in [-0.2, 0) is 4.79 Å². The van der Waals surface area contributed by atoms with E-state index < -0.39 is 5.97 Å². The standard InChI is InChI=1S/C18H18N2O3/c19-10-12-5-6-16-15(9-12)17(7-8-20-16)23-11-13-3-1-2-4-14(13)18(21)22/h5-9,13-14H,1-4,11H2,(H,21,22). The molecular formula is C18H18N2O3. The summed E-state index contributed by atoms with van der Waals surface area (Å²) in [4.78, 5) is 15.6. The number of ether oxygens (including phenoxy) is 1.